The number of carbonyl (C=O) groups is 1. The fraction of sp³-hybridized carbons (Fsp3) is 0.533. The number of aromatic nitrogens is 3. The van der Waals surface area contributed by atoms with Crippen molar-refractivity contribution in [2.24, 2.45) is 0 Å². The van der Waals surface area contributed by atoms with Gasteiger partial charge in [0.2, 0.25) is 5.91 Å². The smallest absolute Gasteiger partial charge is 0.222 e. The zero-order chi connectivity index (χ0) is 14.1. The van der Waals surface area contributed by atoms with Crippen molar-refractivity contribution in [3.8, 4) is 0 Å². The number of carbonyl (C=O) groups excluding carboxylic acids is 1. The van der Waals surface area contributed by atoms with E-state index in [-0.39, 0.29) is 5.91 Å². The van der Waals surface area contributed by atoms with Gasteiger partial charge in [0.1, 0.15) is 12.2 Å². The second kappa shape index (κ2) is 5.23. The molecule has 0 aromatic carbocycles. The highest BCUT2D eigenvalue weighted by Crippen LogP contribution is 2.27. The largest absolute Gasteiger partial charge is 0.342 e. The van der Waals surface area contributed by atoms with E-state index in [1.54, 1.807) is 6.33 Å². The van der Waals surface area contributed by atoms with Gasteiger partial charge in [-0.15, -0.1) is 0 Å². The van der Waals surface area contributed by atoms with Crippen LogP contribution in [-0.2, 0) is 4.79 Å². The Morgan fingerprint density at radius 3 is 3.15 bits per heavy atom. The molecule has 106 valence electrons. The molecule has 0 unspecified atom stereocenters. The molecule has 2 aromatic heterocycles. The fourth-order valence-corrected chi connectivity index (χ4v) is 2.98. The molecule has 1 fully saturated rings. The Hall–Kier alpha value is -1.91. The number of fused-ring (bicyclic) bond motifs is 1. The molecule has 0 bridgehead atoms. The maximum Gasteiger partial charge on any atom is 0.222 e. The van der Waals surface area contributed by atoms with E-state index in [0.29, 0.717) is 12.3 Å². The standard InChI is InChI=1S/C15H20N4O/c1-3-15(20)18-6-4-5-12(9-18)14-7-13-8-16-10-19(13)11(2)17-14/h7-8,10,12H,3-6,9H2,1-2H3/t12-/m0/s1. The summed E-state index contributed by atoms with van der Waals surface area (Å²) < 4.78 is 1.99. The lowest BCUT2D eigenvalue weighted by Crippen LogP contribution is -2.39. The molecule has 1 saturated heterocycles. The van der Waals surface area contributed by atoms with Gasteiger partial charge in [0.25, 0.3) is 0 Å². The van der Waals surface area contributed by atoms with Crippen molar-refractivity contribution < 1.29 is 4.79 Å². The van der Waals surface area contributed by atoms with Gasteiger partial charge in [0.15, 0.2) is 0 Å². The molecule has 0 radical (unpaired) electrons. The van der Waals surface area contributed by atoms with Gasteiger partial charge >= 0.3 is 0 Å². The number of hydrogen-bond donors (Lipinski definition) is 0. The maximum absolute atomic E-state index is 11.9. The third-order valence-electron chi connectivity index (χ3n) is 4.10. The topological polar surface area (TPSA) is 50.5 Å². The Balaban J connectivity index is 1.88. The summed E-state index contributed by atoms with van der Waals surface area (Å²) in [6.07, 6.45) is 6.39. The van der Waals surface area contributed by atoms with Crippen molar-refractivity contribution in [3.63, 3.8) is 0 Å². The van der Waals surface area contributed by atoms with Gasteiger partial charge in [-0.05, 0) is 25.8 Å². The summed E-state index contributed by atoms with van der Waals surface area (Å²) in [5.41, 5.74) is 2.16. The van der Waals surface area contributed by atoms with Gasteiger partial charge in [-0.3, -0.25) is 9.20 Å². The van der Waals surface area contributed by atoms with Crippen LogP contribution in [0.3, 0.4) is 0 Å². The predicted octanol–water partition coefficient (Wildman–Crippen LogP) is 2.15. The van der Waals surface area contributed by atoms with Crippen molar-refractivity contribution in [2.45, 2.75) is 39.0 Å². The van der Waals surface area contributed by atoms with E-state index in [9.17, 15) is 4.79 Å². The monoisotopic (exact) mass is 272 g/mol. The number of rotatable bonds is 2. The lowest BCUT2D eigenvalue weighted by Gasteiger charge is -2.32. The van der Waals surface area contributed by atoms with Crippen LogP contribution >= 0.6 is 0 Å². The van der Waals surface area contributed by atoms with Gasteiger partial charge in [0.05, 0.1) is 11.7 Å². The summed E-state index contributed by atoms with van der Waals surface area (Å²) in [5, 5.41) is 0. The summed E-state index contributed by atoms with van der Waals surface area (Å²) >= 11 is 0. The normalized spacial score (nSPS) is 19.5. The highest BCUT2D eigenvalue weighted by Gasteiger charge is 2.25. The molecule has 1 aliphatic heterocycles. The van der Waals surface area contributed by atoms with Gasteiger partial charge in [0, 0.05) is 31.1 Å². The minimum atomic E-state index is 0.247. The Bertz CT molecular complexity index is 634. The lowest BCUT2D eigenvalue weighted by atomic mass is 9.94. The van der Waals surface area contributed by atoms with Crippen molar-refractivity contribution in [1.82, 2.24) is 19.3 Å². The zero-order valence-corrected chi connectivity index (χ0v) is 12.0. The predicted molar refractivity (Wildman–Crippen MR) is 76.6 cm³/mol. The number of likely N-dealkylation sites (tertiary alicyclic amines) is 1. The number of amides is 1. The molecule has 1 atom stereocenters. The maximum atomic E-state index is 11.9. The van der Waals surface area contributed by atoms with Crippen molar-refractivity contribution in [1.29, 1.82) is 0 Å². The first-order valence-electron chi connectivity index (χ1n) is 7.26. The summed E-state index contributed by atoms with van der Waals surface area (Å²) in [6.45, 7) is 5.60. The second-order valence-corrected chi connectivity index (χ2v) is 5.45. The highest BCUT2D eigenvalue weighted by molar-refractivity contribution is 5.76. The van der Waals surface area contributed by atoms with Crippen LogP contribution in [0.4, 0.5) is 0 Å². The molecule has 0 aliphatic carbocycles. The van der Waals surface area contributed by atoms with Crippen LogP contribution in [0.5, 0.6) is 0 Å². The minimum absolute atomic E-state index is 0.247. The van der Waals surface area contributed by atoms with E-state index in [0.717, 1.165) is 43.0 Å². The van der Waals surface area contributed by atoms with E-state index in [4.69, 9.17) is 4.98 Å². The number of hydrogen-bond acceptors (Lipinski definition) is 3. The third-order valence-corrected chi connectivity index (χ3v) is 4.10. The van der Waals surface area contributed by atoms with Gasteiger partial charge in [-0.25, -0.2) is 9.97 Å². The average molecular weight is 272 g/mol. The zero-order valence-electron chi connectivity index (χ0n) is 12.0. The lowest BCUT2D eigenvalue weighted by molar-refractivity contribution is -0.132. The van der Waals surface area contributed by atoms with E-state index in [2.05, 4.69) is 11.1 Å². The van der Waals surface area contributed by atoms with Crippen LogP contribution in [0.1, 0.15) is 43.6 Å². The molecule has 2 aromatic rings. The van der Waals surface area contributed by atoms with Gasteiger partial charge in [-0.2, -0.15) is 0 Å². The van der Waals surface area contributed by atoms with Crippen molar-refractivity contribution >= 4 is 11.4 Å². The Kier molecular flexibility index (Phi) is 3.42. The SMILES string of the molecule is CCC(=O)N1CCC[C@H](c2cc3cncn3c(C)n2)C1. The molecule has 1 aliphatic rings. The quantitative estimate of drug-likeness (QED) is 0.841. The summed E-state index contributed by atoms with van der Waals surface area (Å²) in [7, 11) is 0. The molecule has 5 nitrogen and oxygen atoms in total. The molecular formula is C15H20N4O. The molecule has 0 N–H and O–H groups in total. The van der Waals surface area contributed by atoms with Crippen LogP contribution in [0.2, 0.25) is 0 Å². The van der Waals surface area contributed by atoms with E-state index in [1.165, 1.54) is 0 Å². The molecule has 3 heterocycles. The summed E-state index contributed by atoms with van der Waals surface area (Å²) in [4.78, 5) is 22.7. The number of nitrogens with zero attached hydrogens (tertiary/aromatic N) is 4. The molecule has 0 spiro atoms. The van der Waals surface area contributed by atoms with Crippen molar-refractivity contribution in [3.05, 3.63) is 30.1 Å². The van der Waals surface area contributed by atoms with E-state index < -0.39 is 0 Å². The Labute approximate surface area is 118 Å². The first-order chi connectivity index (χ1) is 9.69. The van der Waals surface area contributed by atoms with E-state index in [1.807, 2.05) is 29.3 Å². The highest BCUT2D eigenvalue weighted by atomic mass is 16.2. The van der Waals surface area contributed by atoms with Gasteiger partial charge in [-0.1, -0.05) is 6.92 Å². The first kappa shape index (κ1) is 13.1. The van der Waals surface area contributed by atoms with E-state index >= 15 is 0 Å². The first-order valence-corrected chi connectivity index (χ1v) is 7.26. The Morgan fingerprint density at radius 2 is 2.35 bits per heavy atom. The summed E-state index contributed by atoms with van der Waals surface area (Å²) in [5.74, 6) is 1.55. The van der Waals surface area contributed by atoms with Crippen LogP contribution in [0.15, 0.2) is 18.6 Å². The van der Waals surface area contributed by atoms with Crippen LogP contribution in [0.25, 0.3) is 5.52 Å². The summed E-state index contributed by atoms with van der Waals surface area (Å²) in [6, 6.07) is 2.10. The molecular weight excluding hydrogens is 252 g/mol. The number of aryl methyl sites for hydroxylation is 1. The number of piperidine rings is 1. The molecule has 20 heavy (non-hydrogen) atoms. The van der Waals surface area contributed by atoms with Crippen molar-refractivity contribution in [2.75, 3.05) is 13.1 Å². The molecule has 1 amide bonds. The Morgan fingerprint density at radius 1 is 1.50 bits per heavy atom. The third kappa shape index (κ3) is 2.28. The van der Waals surface area contributed by atoms with Crippen LogP contribution in [-0.4, -0.2) is 38.3 Å². The molecule has 5 heteroatoms. The van der Waals surface area contributed by atoms with Crippen LogP contribution in [0, 0.1) is 6.92 Å². The molecule has 0 saturated carbocycles. The van der Waals surface area contributed by atoms with Gasteiger partial charge < -0.3 is 4.90 Å². The van der Waals surface area contributed by atoms with Crippen LogP contribution < -0.4 is 0 Å². The second-order valence-electron chi connectivity index (χ2n) is 5.45. The number of imidazole rings is 1. The molecule has 3 rings (SSSR count). The fourth-order valence-electron chi connectivity index (χ4n) is 2.98. The minimum Gasteiger partial charge on any atom is -0.342 e. The average Bonchev–Trinajstić information content (AvgIpc) is 2.95.